The van der Waals surface area contributed by atoms with Crippen LogP contribution >= 0.6 is 22.6 Å². The number of nitrogens with two attached hydrogens (primary N) is 1. The van der Waals surface area contributed by atoms with E-state index in [-0.39, 0.29) is 0 Å². The summed E-state index contributed by atoms with van der Waals surface area (Å²) in [6.45, 7) is 2.49. The van der Waals surface area contributed by atoms with Gasteiger partial charge in [0.2, 0.25) is 0 Å². The first-order valence-corrected chi connectivity index (χ1v) is 8.22. The Morgan fingerprint density at radius 1 is 1.33 bits per heavy atom. The molecule has 0 saturated carbocycles. The molecule has 0 saturated heterocycles. The molecule has 0 aliphatic heterocycles. The van der Waals surface area contributed by atoms with E-state index in [0.29, 0.717) is 18.1 Å². The highest BCUT2D eigenvalue weighted by Gasteiger charge is 2.11. The Hall–Kier alpha value is -2.29. The Kier molecular flexibility index (Phi) is 6.42. The van der Waals surface area contributed by atoms with Gasteiger partial charge in [0.1, 0.15) is 6.61 Å². The smallest absolute Gasteiger partial charge is 0.332 e. The minimum Gasteiger partial charge on any atom is -0.493 e. The van der Waals surface area contributed by atoms with Crippen molar-refractivity contribution in [1.29, 1.82) is 0 Å². The summed E-state index contributed by atoms with van der Waals surface area (Å²) >= 11 is 2.17. The third-order valence-corrected chi connectivity index (χ3v) is 3.95. The zero-order valence-electron chi connectivity index (χ0n) is 13.4. The molecular weight excluding hydrogens is 421 g/mol. The average molecular weight is 439 g/mol. The molecule has 7 heteroatoms. The number of halogens is 1. The van der Waals surface area contributed by atoms with Gasteiger partial charge in [-0.15, -0.1) is 0 Å². The second-order valence-electron chi connectivity index (χ2n) is 5.04. The highest BCUT2D eigenvalue weighted by molar-refractivity contribution is 14.1. The van der Waals surface area contributed by atoms with Crippen LogP contribution in [0.1, 0.15) is 16.7 Å². The van der Waals surface area contributed by atoms with Crippen molar-refractivity contribution in [2.24, 2.45) is 10.8 Å². The molecule has 0 spiro atoms. The van der Waals surface area contributed by atoms with E-state index in [1.165, 1.54) is 11.8 Å². The zero-order chi connectivity index (χ0) is 17.5. The fourth-order valence-electron chi connectivity index (χ4n) is 1.96. The summed E-state index contributed by atoms with van der Waals surface area (Å²) in [7, 11) is 1.58. The number of primary amides is 1. The van der Waals surface area contributed by atoms with Gasteiger partial charge in [-0.2, -0.15) is 5.10 Å². The maximum absolute atomic E-state index is 10.6. The van der Waals surface area contributed by atoms with Crippen LogP contribution in [0.2, 0.25) is 0 Å². The molecule has 2 amide bonds. The predicted octanol–water partition coefficient (Wildman–Crippen LogP) is 3.19. The van der Waals surface area contributed by atoms with Crippen LogP contribution in [0.25, 0.3) is 0 Å². The van der Waals surface area contributed by atoms with Crippen molar-refractivity contribution >= 4 is 34.8 Å². The van der Waals surface area contributed by atoms with Crippen LogP contribution in [0.4, 0.5) is 4.79 Å². The summed E-state index contributed by atoms with van der Waals surface area (Å²) in [5, 5.41) is 3.74. The molecule has 0 aliphatic rings. The van der Waals surface area contributed by atoms with Gasteiger partial charge in [-0.05, 0) is 52.8 Å². The summed E-state index contributed by atoms with van der Waals surface area (Å²) in [4.78, 5) is 10.6. The van der Waals surface area contributed by atoms with E-state index in [2.05, 4.69) is 33.1 Å². The van der Waals surface area contributed by atoms with Gasteiger partial charge in [-0.25, -0.2) is 10.2 Å². The van der Waals surface area contributed by atoms with E-state index in [4.69, 9.17) is 15.2 Å². The number of nitrogens with one attached hydrogen (secondary N) is 1. The topological polar surface area (TPSA) is 85.9 Å². The summed E-state index contributed by atoms with van der Waals surface area (Å²) in [6, 6.07) is 11.1. The molecule has 0 radical (unpaired) electrons. The fourth-order valence-corrected chi connectivity index (χ4v) is 2.75. The molecule has 2 rings (SSSR count). The van der Waals surface area contributed by atoms with E-state index >= 15 is 0 Å². The molecule has 24 heavy (non-hydrogen) atoms. The molecule has 0 fully saturated rings. The number of hydrazone groups is 1. The zero-order valence-corrected chi connectivity index (χ0v) is 15.5. The van der Waals surface area contributed by atoms with Gasteiger partial charge in [0.05, 0.1) is 16.9 Å². The molecule has 6 nitrogen and oxygen atoms in total. The fraction of sp³-hybridized carbons (Fsp3) is 0.176. The number of hydrogen-bond donors (Lipinski definition) is 2. The Morgan fingerprint density at radius 2 is 2.04 bits per heavy atom. The first-order chi connectivity index (χ1) is 11.5. The van der Waals surface area contributed by atoms with Gasteiger partial charge in [0, 0.05) is 0 Å². The lowest BCUT2D eigenvalue weighted by Gasteiger charge is -2.13. The maximum atomic E-state index is 10.6. The van der Waals surface area contributed by atoms with Gasteiger partial charge < -0.3 is 15.2 Å². The third-order valence-electron chi connectivity index (χ3n) is 3.14. The van der Waals surface area contributed by atoms with E-state index in [1.807, 2.05) is 37.3 Å². The van der Waals surface area contributed by atoms with Crippen molar-refractivity contribution in [1.82, 2.24) is 5.43 Å². The average Bonchev–Trinajstić information content (AvgIpc) is 2.54. The summed E-state index contributed by atoms with van der Waals surface area (Å²) in [6.07, 6.45) is 1.49. The lowest BCUT2D eigenvalue weighted by atomic mass is 10.2. The Bertz CT molecular complexity index is 745. The molecule has 2 aromatic carbocycles. The highest BCUT2D eigenvalue weighted by Crippen LogP contribution is 2.34. The van der Waals surface area contributed by atoms with Gasteiger partial charge in [-0.3, -0.25) is 0 Å². The second-order valence-corrected chi connectivity index (χ2v) is 6.20. The van der Waals surface area contributed by atoms with Crippen LogP contribution in [0, 0.1) is 10.5 Å². The standard InChI is InChI=1S/C17H18IN3O3/c1-11-3-5-12(6-4-11)10-24-16-14(18)7-13(8-15(16)23-2)9-20-21-17(19)22/h3-9H,10H2,1-2H3,(H3,19,21,22). The van der Waals surface area contributed by atoms with E-state index < -0.39 is 6.03 Å². The monoisotopic (exact) mass is 439 g/mol. The number of urea groups is 1. The number of aryl methyl sites for hydroxylation is 1. The van der Waals surface area contributed by atoms with Crippen molar-refractivity contribution in [3.63, 3.8) is 0 Å². The Labute approximate surface area is 154 Å². The number of hydrogen-bond acceptors (Lipinski definition) is 4. The Balaban J connectivity index is 2.15. The molecular formula is C17H18IN3O3. The number of benzene rings is 2. The van der Waals surface area contributed by atoms with Crippen LogP contribution in [-0.4, -0.2) is 19.4 Å². The number of carbonyl (C=O) groups is 1. The molecule has 0 atom stereocenters. The summed E-state index contributed by atoms with van der Waals surface area (Å²) in [5.74, 6) is 1.26. The quantitative estimate of drug-likeness (QED) is 0.412. The van der Waals surface area contributed by atoms with Crippen LogP contribution in [-0.2, 0) is 6.61 Å². The van der Waals surface area contributed by atoms with Gasteiger partial charge in [-0.1, -0.05) is 29.8 Å². The first-order valence-electron chi connectivity index (χ1n) is 7.14. The van der Waals surface area contributed by atoms with Crippen molar-refractivity contribution in [3.8, 4) is 11.5 Å². The SMILES string of the molecule is COc1cc(C=NNC(N)=O)cc(I)c1OCc1ccc(C)cc1. The normalized spacial score (nSPS) is 10.6. The molecule has 3 N–H and O–H groups in total. The summed E-state index contributed by atoms with van der Waals surface area (Å²) in [5.41, 5.74) is 10.2. The van der Waals surface area contributed by atoms with E-state index in [9.17, 15) is 4.79 Å². The van der Waals surface area contributed by atoms with Crippen molar-refractivity contribution in [2.75, 3.05) is 7.11 Å². The number of nitrogens with zero attached hydrogens (tertiary/aromatic N) is 1. The molecule has 0 aromatic heterocycles. The minimum absolute atomic E-state index is 0.448. The highest BCUT2D eigenvalue weighted by atomic mass is 127. The number of ether oxygens (including phenoxy) is 2. The number of rotatable bonds is 6. The van der Waals surface area contributed by atoms with E-state index in [1.54, 1.807) is 13.2 Å². The Morgan fingerprint density at radius 3 is 2.67 bits per heavy atom. The van der Waals surface area contributed by atoms with Crippen LogP contribution in [0.15, 0.2) is 41.5 Å². The molecule has 0 bridgehead atoms. The molecule has 126 valence electrons. The van der Waals surface area contributed by atoms with Crippen molar-refractivity contribution in [3.05, 3.63) is 56.7 Å². The first kappa shape index (κ1) is 18.1. The van der Waals surface area contributed by atoms with Crippen molar-refractivity contribution in [2.45, 2.75) is 13.5 Å². The van der Waals surface area contributed by atoms with Gasteiger partial charge >= 0.3 is 6.03 Å². The maximum Gasteiger partial charge on any atom is 0.332 e. The minimum atomic E-state index is -0.717. The number of amides is 2. The van der Waals surface area contributed by atoms with Crippen LogP contribution in [0.3, 0.4) is 0 Å². The number of methoxy groups -OCH3 is 1. The largest absolute Gasteiger partial charge is 0.493 e. The molecule has 0 aliphatic carbocycles. The lowest BCUT2D eigenvalue weighted by molar-refractivity contribution is 0.249. The predicted molar refractivity (Wildman–Crippen MR) is 102 cm³/mol. The third kappa shape index (κ3) is 5.12. The van der Waals surface area contributed by atoms with Crippen molar-refractivity contribution < 1.29 is 14.3 Å². The number of carbonyl (C=O) groups excluding carboxylic acids is 1. The van der Waals surface area contributed by atoms with Crippen LogP contribution in [0.5, 0.6) is 11.5 Å². The molecule has 2 aromatic rings. The van der Waals surface area contributed by atoms with E-state index in [0.717, 1.165) is 14.7 Å². The molecule has 0 unspecified atom stereocenters. The lowest BCUT2D eigenvalue weighted by Crippen LogP contribution is -2.24. The summed E-state index contributed by atoms with van der Waals surface area (Å²) < 4.78 is 12.2. The van der Waals surface area contributed by atoms with Gasteiger partial charge in [0.25, 0.3) is 0 Å². The molecule has 0 heterocycles. The van der Waals surface area contributed by atoms with Crippen LogP contribution < -0.4 is 20.6 Å². The second kappa shape index (κ2) is 8.53. The van der Waals surface area contributed by atoms with Gasteiger partial charge in [0.15, 0.2) is 11.5 Å².